The van der Waals surface area contributed by atoms with E-state index >= 15 is 0 Å². The number of phenols is 1. The Labute approximate surface area is 77.2 Å². The van der Waals surface area contributed by atoms with Crippen LogP contribution >= 0.6 is 0 Å². The van der Waals surface area contributed by atoms with Gasteiger partial charge in [-0.05, 0) is 44.0 Å². The molecule has 2 aromatic rings. The highest BCUT2D eigenvalue weighted by Gasteiger charge is 2.07. The Morgan fingerprint density at radius 3 is 2.54 bits per heavy atom. The molecule has 1 aromatic heterocycles. The number of aromatic amines is 1. The molecule has 0 bridgehead atoms. The van der Waals surface area contributed by atoms with E-state index in [-0.39, 0.29) is 0 Å². The Bertz CT molecular complexity index is 468. The molecule has 0 spiro atoms. The molecule has 0 aliphatic heterocycles. The van der Waals surface area contributed by atoms with Gasteiger partial charge in [0, 0.05) is 11.1 Å². The van der Waals surface area contributed by atoms with E-state index in [4.69, 9.17) is 0 Å². The molecule has 0 fully saturated rings. The minimum Gasteiger partial charge on any atom is -0.506 e. The molecule has 2 nitrogen and oxygen atoms in total. The molecule has 13 heavy (non-hydrogen) atoms. The van der Waals surface area contributed by atoms with Crippen molar-refractivity contribution in [1.29, 1.82) is 0 Å². The van der Waals surface area contributed by atoms with Gasteiger partial charge in [0.2, 0.25) is 0 Å². The molecule has 0 unspecified atom stereocenters. The second kappa shape index (κ2) is 2.52. The summed E-state index contributed by atoms with van der Waals surface area (Å²) in [6.45, 7) is 6.07. The van der Waals surface area contributed by atoms with Crippen LogP contribution in [0.5, 0.6) is 5.75 Å². The summed E-state index contributed by atoms with van der Waals surface area (Å²) in [6, 6.07) is 3.87. The summed E-state index contributed by atoms with van der Waals surface area (Å²) in [7, 11) is 0. The summed E-state index contributed by atoms with van der Waals surface area (Å²) in [5.41, 5.74) is 4.28. The van der Waals surface area contributed by atoms with Crippen LogP contribution in [0.3, 0.4) is 0 Å². The van der Waals surface area contributed by atoms with Crippen molar-refractivity contribution in [2.24, 2.45) is 0 Å². The molecule has 1 heterocycles. The lowest BCUT2D eigenvalue weighted by Gasteiger charge is -1.97. The van der Waals surface area contributed by atoms with Crippen LogP contribution in [0.4, 0.5) is 0 Å². The van der Waals surface area contributed by atoms with Crippen molar-refractivity contribution in [2.45, 2.75) is 20.8 Å². The van der Waals surface area contributed by atoms with Gasteiger partial charge in [-0.1, -0.05) is 0 Å². The number of aryl methyl sites for hydroxylation is 3. The van der Waals surface area contributed by atoms with Gasteiger partial charge in [0.1, 0.15) is 5.75 Å². The predicted octanol–water partition coefficient (Wildman–Crippen LogP) is 2.80. The Kier molecular flexibility index (Phi) is 1.59. The molecule has 0 aliphatic rings. The summed E-state index contributed by atoms with van der Waals surface area (Å²) >= 11 is 0. The number of rotatable bonds is 0. The third-order valence-electron chi connectivity index (χ3n) is 2.54. The van der Waals surface area contributed by atoms with Crippen LogP contribution in [-0.4, -0.2) is 10.1 Å². The number of benzene rings is 1. The Morgan fingerprint density at radius 1 is 1.15 bits per heavy atom. The first-order valence-corrected chi connectivity index (χ1v) is 4.38. The minimum absolute atomic E-state index is 0.339. The largest absolute Gasteiger partial charge is 0.506 e. The van der Waals surface area contributed by atoms with Gasteiger partial charge in [-0.3, -0.25) is 0 Å². The zero-order valence-electron chi connectivity index (χ0n) is 8.10. The fourth-order valence-electron chi connectivity index (χ4n) is 1.68. The van der Waals surface area contributed by atoms with Gasteiger partial charge >= 0.3 is 0 Å². The van der Waals surface area contributed by atoms with Crippen molar-refractivity contribution in [3.63, 3.8) is 0 Å². The minimum atomic E-state index is 0.339. The van der Waals surface area contributed by atoms with Gasteiger partial charge in [-0.15, -0.1) is 0 Å². The van der Waals surface area contributed by atoms with Crippen LogP contribution in [0, 0.1) is 20.8 Å². The molecule has 2 rings (SSSR count). The number of phenolic OH excluding ortho intramolecular Hbond substituents is 1. The summed E-state index contributed by atoms with van der Waals surface area (Å²) < 4.78 is 0. The van der Waals surface area contributed by atoms with Crippen molar-refractivity contribution in [3.8, 4) is 5.75 Å². The maximum Gasteiger partial charge on any atom is 0.139 e. The molecule has 0 saturated carbocycles. The lowest BCUT2D eigenvalue weighted by Crippen LogP contribution is -1.75. The average molecular weight is 175 g/mol. The first-order chi connectivity index (χ1) is 6.09. The third kappa shape index (κ3) is 1.10. The van der Waals surface area contributed by atoms with E-state index in [0.717, 1.165) is 22.2 Å². The van der Waals surface area contributed by atoms with E-state index in [1.54, 1.807) is 6.07 Å². The Balaban J connectivity index is 2.94. The number of hydrogen-bond donors (Lipinski definition) is 2. The predicted molar refractivity (Wildman–Crippen MR) is 54.2 cm³/mol. The van der Waals surface area contributed by atoms with Gasteiger partial charge in [0.25, 0.3) is 0 Å². The zero-order chi connectivity index (χ0) is 9.59. The average Bonchev–Trinajstić information content (AvgIpc) is 2.32. The smallest absolute Gasteiger partial charge is 0.139 e. The van der Waals surface area contributed by atoms with Crippen molar-refractivity contribution < 1.29 is 5.11 Å². The highest BCUT2D eigenvalue weighted by atomic mass is 16.3. The number of nitrogens with one attached hydrogen (secondary N) is 1. The normalized spacial score (nSPS) is 11.0. The number of aromatic nitrogens is 1. The molecule has 2 N–H and O–H groups in total. The fourth-order valence-corrected chi connectivity index (χ4v) is 1.68. The van der Waals surface area contributed by atoms with E-state index in [9.17, 15) is 5.11 Å². The summed E-state index contributed by atoms with van der Waals surface area (Å²) in [6.07, 6.45) is 0. The summed E-state index contributed by atoms with van der Waals surface area (Å²) in [4.78, 5) is 3.17. The van der Waals surface area contributed by atoms with Crippen LogP contribution in [-0.2, 0) is 0 Å². The van der Waals surface area contributed by atoms with Crippen LogP contribution in [0.15, 0.2) is 12.1 Å². The number of hydrogen-bond acceptors (Lipinski definition) is 1. The van der Waals surface area contributed by atoms with Crippen molar-refractivity contribution in [3.05, 3.63) is 29.0 Å². The Morgan fingerprint density at radius 2 is 1.85 bits per heavy atom. The standard InChI is InChI=1S/C11H13NO/c1-6-4-9-7(2)8(3)12-11(9)10(13)5-6/h4-5,12-13H,1-3H3. The fraction of sp³-hybridized carbons (Fsp3) is 0.273. The van der Waals surface area contributed by atoms with Gasteiger partial charge < -0.3 is 10.1 Å². The number of aromatic hydroxyl groups is 1. The van der Waals surface area contributed by atoms with Gasteiger partial charge in [0.15, 0.2) is 0 Å². The quantitative estimate of drug-likeness (QED) is 0.634. The van der Waals surface area contributed by atoms with Crippen molar-refractivity contribution >= 4 is 10.9 Å². The first-order valence-electron chi connectivity index (χ1n) is 4.38. The van der Waals surface area contributed by atoms with Gasteiger partial charge in [-0.25, -0.2) is 0 Å². The monoisotopic (exact) mass is 175 g/mol. The van der Waals surface area contributed by atoms with Crippen LogP contribution in [0.25, 0.3) is 10.9 Å². The van der Waals surface area contributed by atoms with E-state index in [1.165, 1.54) is 5.56 Å². The van der Waals surface area contributed by atoms with Crippen LogP contribution in [0.1, 0.15) is 16.8 Å². The second-order valence-electron chi connectivity index (χ2n) is 3.58. The molecule has 0 radical (unpaired) electrons. The SMILES string of the molecule is Cc1cc(O)c2[nH]c(C)c(C)c2c1. The van der Waals surface area contributed by atoms with E-state index in [1.807, 2.05) is 13.8 Å². The molecular formula is C11H13NO. The molecule has 68 valence electrons. The third-order valence-corrected chi connectivity index (χ3v) is 2.54. The topological polar surface area (TPSA) is 36.0 Å². The Hall–Kier alpha value is -1.44. The van der Waals surface area contributed by atoms with E-state index < -0.39 is 0 Å². The van der Waals surface area contributed by atoms with Crippen LogP contribution < -0.4 is 0 Å². The summed E-state index contributed by atoms with van der Waals surface area (Å²) in [5.74, 6) is 0.339. The van der Waals surface area contributed by atoms with Crippen molar-refractivity contribution in [2.75, 3.05) is 0 Å². The van der Waals surface area contributed by atoms with Gasteiger partial charge in [0.05, 0.1) is 5.52 Å². The van der Waals surface area contributed by atoms with E-state index in [2.05, 4.69) is 18.0 Å². The lowest BCUT2D eigenvalue weighted by molar-refractivity contribution is 0.480. The molecule has 0 atom stereocenters. The first kappa shape index (κ1) is 8.17. The molecule has 0 aliphatic carbocycles. The number of fused-ring (bicyclic) bond motifs is 1. The summed E-state index contributed by atoms with van der Waals surface area (Å²) in [5, 5.41) is 10.8. The molecular weight excluding hydrogens is 162 g/mol. The molecule has 0 amide bonds. The maximum absolute atomic E-state index is 9.66. The van der Waals surface area contributed by atoms with E-state index in [0.29, 0.717) is 5.75 Å². The van der Waals surface area contributed by atoms with Crippen LogP contribution in [0.2, 0.25) is 0 Å². The van der Waals surface area contributed by atoms with Crippen molar-refractivity contribution in [1.82, 2.24) is 4.98 Å². The number of H-pyrrole nitrogens is 1. The molecule has 1 aromatic carbocycles. The lowest BCUT2D eigenvalue weighted by atomic mass is 10.1. The highest BCUT2D eigenvalue weighted by Crippen LogP contribution is 2.29. The zero-order valence-corrected chi connectivity index (χ0v) is 8.10. The molecule has 2 heteroatoms. The maximum atomic E-state index is 9.66. The van der Waals surface area contributed by atoms with Gasteiger partial charge in [-0.2, -0.15) is 0 Å². The molecule has 0 saturated heterocycles. The highest BCUT2D eigenvalue weighted by molar-refractivity contribution is 5.89. The second-order valence-corrected chi connectivity index (χ2v) is 3.58.